The largest absolute Gasteiger partial charge is 0.485 e. The summed E-state index contributed by atoms with van der Waals surface area (Å²) in [6, 6.07) is 7.43. The second-order valence-electron chi connectivity index (χ2n) is 8.27. The lowest BCUT2D eigenvalue weighted by atomic mass is 9.77. The molecule has 4 rings (SSSR count). The molecule has 3 aliphatic rings. The highest BCUT2D eigenvalue weighted by Crippen LogP contribution is 2.40. The van der Waals surface area contributed by atoms with Crippen molar-refractivity contribution in [3.8, 4) is 5.75 Å². The van der Waals surface area contributed by atoms with Gasteiger partial charge in [-0.15, -0.1) is 0 Å². The number of piperidine rings is 1. The Bertz CT molecular complexity index is 719. The molecule has 1 saturated carbocycles. The zero-order chi connectivity index (χ0) is 19.0. The SMILES string of the molecule is CN1CC2(CCC(C(=O)N3CCC(O)CC3)CC2)Oc2ccccc2C1=O. The molecular weight excluding hydrogens is 344 g/mol. The van der Waals surface area contributed by atoms with E-state index in [4.69, 9.17) is 4.74 Å². The minimum atomic E-state index is -0.411. The van der Waals surface area contributed by atoms with Gasteiger partial charge in [-0.1, -0.05) is 12.1 Å². The Balaban J connectivity index is 1.45. The van der Waals surface area contributed by atoms with E-state index in [0.717, 1.165) is 25.7 Å². The van der Waals surface area contributed by atoms with Crippen LogP contribution in [0.25, 0.3) is 0 Å². The fourth-order valence-electron chi connectivity index (χ4n) is 4.70. The highest BCUT2D eigenvalue weighted by molar-refractivity contribution is 5.97. The van der Waals surface area contributed by atoms with Crippen LogP contribution < -0.4 is 4.74 Å². The van der Waals surface area contributed by atoms with Crippen LogP contribution >= 0.6 is 0 Å². The highest BCUT2D eigenvalue weighted by atomic mass is 16.5. The second kappa shape index (κ2) is 7.15. The van der Waals surface area contributed by atoms with Gasteiger partial charge in [-0.25, -0.2) is 0 Å². The maximum Gasteiger partial charge on any atom is 0.257 e. The van der Waals surface area contributed by atoms with Crippen LogP contribution in [0.5, 0.6) is 5.75 Å². The quantitative estimate of drug-likeness (QED) is 0.819. The van der Waals surface area contributed by atoms with Crippen molar-refractivity contribution < 1.29 is 19.4 Å². The number of amides is 2. The van der Waals surface area contributed by atoms with Crippen molar-refractivity contribution in [3.63, 3.8) is 0 Å². The number of likely N-dealkylation sites (N-methyl/N-ethyl adjacent to an activating group) is 1. The number of benzene rings is 1. The number of likely N-dealkylation sites (tertiary alicyclic amines) is 1. The molecule has 0 radical (unpaired) electrons. The third kappa shape index (κ3) is 3.55. The van der Waals surface area contributed by atoms with E-state index in [1.807, 2.05) is 36.2 Å². The molecule has 146 valence electrons. The first kappa shape index (κ1) is 18.3. The summed E-state index contributed by atoms with van der Waals surface area (Å²) in [6.07, 6.45) is 4.18. The molecule has 0 unspecified atom stereocenters. The zero-order valence-electron chi connectivity index (χ0n) is 15.9. The highest BCUT2D eigenvalue weighted by Gasteiger charge is 2.44. The summed E-state index contributed by atoms with van der Waals surface area (Å²) in [7, 11) is 1.83. The van der Waals surface area contributed by atoms with E-state index in [1.54, 1.807) is 4.90 Å². The standard InChI is InChI=1S/C21H28N2O4/c1-22-14-21(27-18-5-3-2-4-17(18)20(22)26)10-6-15(7-11-21)19(25)23-12-8-16(24)9-13-23/h2-5,15-16,24H,6-14H2,1H3. The Hall–Kier alpha value is -2.08. The van der Waals surface area contributed by atoms with Gasteiger partial charge in [0, 0.05) is 26.1 Å². The van der Waals surface area contributed by atoms with Gasteiger partial charge in [-0.05, 0) is 50.7 Å². The molecule has 27 heavy (non-hydrogen) atoms. The third-order valence-corrected chi connectivity index (χ3v) is 6.34. The van der Waals surface area contributed by atoms with Crippen molar-refractivity contribution >= 4 is 11.8 Å². The van der Waals surface area contributed by atoms with Gasteiger partial charge in [-0.3, -0.25) is 9.59 Å². The molecule has 1 aromatic rings. The summed E-state index contributed by atoms with van der Waals surface area (Å²) in [5.41, 5.74) is 0.202. The molecule has 6 heteroatoms. The Morgan fingerprint density at radius 1 is 1.15 bits per heavy atom. The number of nitrogens with zero attached hydrogens (tertiary/aromatic N) is 2. The Labute approximate surface area is 160 Å². The first-order valence-corrected chi connectivity index (χ1v) is 9.98. The average molecular weight is 372 g/mol. The molecule has 1 aliphatic carbocycles. The summed E-state index contributed by atoms with van der Waals surface area (Å²) in [5.74, 6) is 0.887. The van der Waals surface area contributed by atoms with Crippen molar-refractivity contribution in [2.45, 2.75) is 50.2 Å². The van der Waals surface area contributed by atoms with Gasteiger partial charge in [0.1, 0.15) is 11.4 Å². The van der Waals surface area contributed by atoms with E-state index in [0.29, 0.717) is 43.8 Å². The molecule has 2 aliphatic heterocycles. The minimum absolute atomic E-state index is 0.00690. The first-order valence-electron chi connectivity index (χ1n) is 9.98. The minimum Gasteiger partial charge on any atom is -0.485 e. The number of carbonyl (C=O) groups excluding carboxylic acids is 2. The second-order valence-corrected chi connectivity index (χ2v) is 8.27. The summed E-state index contributed by atoms with van der Waals surface area (Å²) in [6.45, 7) is 1.86. The summed E-state index contributed by atoms with van der Waals surface area (Å²) < 4.78 is 6.39. The monoisotopic (exact) mass is 372 g/mol. The van der Waals surface area contributed by atoms with Gasteiger partial charge in [0.25, 0.3) is 5.91 Å². The van der Waals surface area contributed by atoms with E-state index in [-0.39, 0.29) is 23.8 Å². The first-order chi connectivity index (χ1) is 13.0. The number of hydrogen-bond acceptors (Lipinski definition) is 4. The van der Waals surface area contributed by atoms with Crippen LogP contribution in [0.15, 0.2) is 24.3 Å². The lowest BCUT2D eigenvalue weighted by Crippen LogP contribution is -2.51. The molecule has 1 N–H and O–H groups in total. The summed E-state index contributed by atoms with van der Waals surface area (Å²) in [4.78, 5) is 29.1. The van der Waals surface area contributed by atoms with Gasteiger partial charge in [0.2, 0.25) is 5.91 Å². The number of aliphatic hydroxyl groups is 1. The number of aliphatic hydroxyl groups excluding tert-OH is 1. The molecule has 1 aromatic carbocycles. The molecule has 0 bridgehead atoms. The molecular formula is C21H28N2O4. The van der Waals surface area contributed by atoms with Crippen LogP contribution in [0, 0.1) is 5.92 Å². The number of fused-ring (bicyclic) bond motifs is 1. The van der Waals surface area contributed by atoms with E-state index in [9.17, 15) is 14.7 Å². The van der Waals surface area contributed by atoms with Crippen molar-refractivity contribution in [3.05, 3.63) is 29.8 Å². The lowest BCUT2D eigenvalue weighted by molar-refractivity contribution is -0.140. The van der Waals surface area contributed by atoms with E-state index >= 15 is 0 Å². The molecule has 0 atom stereocenters. The van der Waals surface area contributed by atoms with Crippen molar-refractivity contribution in [1.82, 2.24) is 9.80 Å². The number of hydrogen-bond donors (Lipinski definition) is 1. The van der Waals surface area contributed by atoms with Crippen LogP contribution in [0.2, 0.25) is 0 Å². The zero-order valence-corrected chi connectivity index (χ0v) is 15.9. The van der Waals surface area contributed by atoms with E-state index in [2.05, 4.69) is 0 Å². The van der Waals surface area contributed by atoms with E-state index in [1.165, 1.54) is 0 Å². The van der Waals surface area contributed by atoms with Crippen LogP contribution in [-0.2, 0) is 4.79 Å². The van der Waals surface area contributed by atoms with Crippen molar-refractivity contribution in [2.75, 3.05) is 26.7 Å². The summed E-state index contributed by atoms with van der Waals surface area (Å²) in [5, 5.41) is 9.65. The fourth-order valence-corrected chi connectivity index (χ4v) is 4.70. The van der Waals surface area contributed by atoms with Gasteiger partial charge in [0.15, 0.2) is 0 Å². The molecule has 1 saturated heterocycles. The van der Waals surface area contributed by atoms with Crippen molar-refractivity contribution in [1.29, 1.82) is 0 Å². The van der Waals surface area contributed by atoms with Crippen LogP contribution in [-0.4, -0.2) is 65.1 Å². The Kier molecular flexibility index (Phi) is 4.84. The topological polar surface area (TPSA) is 70.1 Å². The molecule has 6 nitrogen and oxygen atoms in total. The number of para-hydroxylation sites is 1. The Morgan fingerprint density at radius 2 is 1.81 bits per heavy atom. The third-order valence-electron chi connectivity index (χ3n) is 6.34. The van der Waals surface area contributed by atoms with Crippen molar-refractivity contribution in [2.24, 2.45) is 5.92 Å². The van der Waals surface area contributed by atoms with E-state index < -0.39 is 5.60 Å². The molecule has 0 aromatic heterocycles. The normalized spacial score (nSPS) is 29.3. The molecule has 1 spiro atoms. The van der Waals surface area contributed by atoms with Crippen LogP contribution in [0.4, 0.5) is 0 Å². The molecule has 2 fully saturated rings. The summed E-state index contributed by atoms with van der Waals surface area (Å²) >= 11 is 0. The van der Waals surface area contributed by atoms with Gasteiger partial charge in [0.05, 0.1) is 18.2 Å². The number of carbonyl (C=O) groups is 2. The van der Waals surface area contributed by atoms with Crippen LogP contribution in [0.1, 0.15) is 48.9 Å². The van der Waals surface area contributed by atoms with Gasteiger partial charge < -0.3 is 19.6 Å². The maximum atomic E-state index is 12.9. The van der Waals surface area contributed by atoms with Crippen LogP contribution in [0.3, 0.4) is 0 Å². The smallest absolute Gasteiger partial charge is 0.257 e. The molecule has 2 amide bonds. The predicted octanol–water partition coefficient (Wildman–Crippen LogP) is 2.06. The van der Waals surface area contributed by atoms with Gasteiger partial charge in [-0.2, -0.15) is 0 Å². The maximum absolute atomic E-state index is 12.9. The number of rotatable bonds is 1. The Morgan fingerprint density at radius 3 is 2.52 bits per heavy atom. The predicted molar refractivity (Wildman–Crippen MR) is 101 cm³/mol. The van der Waals surface area contributed by atoms with Gasteiger partial charge >= 0.3 is 0 Å². The molecule has 2 heterocycles. The average Bonchev–Trinajstić information content (AvgIpc) is 2.78. The number of ether oxygens (including phenoxy) is 1. The fraction of sp³-hybridized carbons (Fsp3) is 0.619. The lowest BCUT2D eigenvalue weighted by Gasteiger charge is -2.42.